The van der Waals surface area contributed by atoms with Crippen molar-refractivity contribution in [1.29, 1.82) is 0 Å². The van der Waals surface area contributed by atoms with Crippen LogP contribution in [0.3, 0.4) is 0 Å². The summed E-state index contributed by atoms with van der Waals surface area (Å²) in [6, 6.07) is 19.4. The number of Topliss-reactive ketones (excluding diaryl/α,β-unsaturated/α-hetero) is 1. The highest BCUT2D eigenvalue weighted by molar-refractivity contribution is 5.97. The van der Waals surface area contributed by atoms with Gasteiger partial charge in [0.2, 0.25) is 0 Å². The van der Waals surface area contributed by atoms with Gasteiger partial charge in [-0.15, -0.1) is 0 Å². The van der Waals surface area contributed by atoms with Gasteiger partial charge in [0, 0.05) is 12.0 Å². The molecule has 0 amide bonds. The fraction of sp³-hybridized carbons (Fsp3) is 0.0625. The van der Waals surface area contributed by atoms with Crippen molar-refractivity contribution in [2.45, 2.75) is 6.42 Å². The van der Waals surface area contributed by atoms with Crippen LogP contribution in [-0.4, -0.2) is 5.78 Å². The van der Waals surface area contributed by atoms with Gasteiger partial charge in [-0.25, -0.2) is 0 Å². The molecule has 2 rings (SSSR count). The van der Waals surface area contributed by atoms with Crippen molar-refractivity contribution in [3.8, 4) is 0 Å². The molecular weight excluding hydrogens is 208 g/mol. The first-order valence-corrected chi connectivity index (χ1v) is 5.66. The van der Waals surface area contributed by atoms with Crippen molar-refractivity contribution in [1.82, 2.24) is 0 Å². The Balaban J connectivity index is 1.95. The molecule has 2 aromatic rings. The second kappa shape index (κ2) is 5.80. The van der Waals surface area contributed by atoms with E-state index in [0.717, 1.165) is 11.1 Å². The first kappa shape index (κ1) is 11.3. The minimum absolute atomic E-state index is 0.151. The standard InChI is InChI=1S/C16H14O/c17-16(15-11-5-2-6-12-15)13-7-10-14-8-3-1-4-9-14/h1-12H,13H2. The van der Waals surface area contributed by atoms with Crippen LogP contribution >= 0.6 is 0 Å². The highest BCUT2D eigenvalue weighted by atomic mass is 16.1. The van der Waals surface area contributed by atoms with E-state index in [1.807, 2.05) is 72.8 Å². The fourth-order valence-electron chi connectivity index (χ4n) is 1.61. The van der Waals surface area contributed by atoms with Crippen LogP contribution in [0.25, 0.3) is 6.08 Å². The zero-order valence-electron chi connectivity index (χ0n) is 9.54. The van der Waals surface area contributed by atoms with Crippen LogP contribution in [0.4, 0.5) is 0 Å². The maximum atomic E-state index is 11.8. The molecule has 1 nitrogen and oxygen atoms in total. The summed E-state index contributed by atoms with van der Waals surface area (Å²) in [6.45, 7) is 0. The largest absolute Gasteiger partial charge is 0.294 e. The predicted octanol–water partition coefficient (Wildman–Crippen LogP) is 3.97. The predicted molar refractivity (Wildman–Crippen MR) is 70.9 cm³/mol. The normalized spacial score (nSPS) is 10.6. The topological polar surface area (TPSA) is 17.1 Å². The molecule has 0 heterocycles. The van der Waals surface area contributed by atoms with Gasteiger partial charge in [0.25, 0.3) is 0 Å². The van der Waals surface area contributed by atoms with Crippen molar-refractivity contribution < 1.29 is 4.79 Å². The Morgan fingerprint density at radius 2 is 1.47 bits per heavy atom. The molecule has 0 aromatic heterocycles. The minimum Gasteiger partial charge on any atom is -0.294 e. The number of hydrogen-bond acceptors (Lipinski definition) is 1. The molecular formula is C16H14O. The number of carbonyl (C=O) groups is 1. The Labute approximate surface area is 101 Å². The molecule has 0 aliphatic heterocycles. The quantitative estimate of drug-likeness (QED) is 0.715. The van der Waals surface area contributed by atoms with Gasteiger partial charge in [-0.3, -0.25) is 4.79 Å². The molecule has 0 saturated carbocycles. The lowest BCUT2D eigenvalue weighted by atomic mass is 10.1. The molecule has 0 atom stereocenters. The van der Waals surface area contributed by atoms with Crippen LogP contribution in [0.5, 0.6) is 0 Å². The van der Waals surface area contributed by atoms with Gasteiger partial charge in [0.05, 0.1) is 0 Å². The lowest BCUT2D eigenvalue weighted by molar-refractivity contribution is 0.0996. The number of rotatable bonds is 4. The van der Waals surface area contributed by atoms with Gasteiger partial charge in [0.15, 0.2) is 5.78 Å². The zero-order chi connectivity index (χ0) is 11.9. The summed E-state index contributed by atoms with van der Waals surface area (Å²) in [5.41, 5.74) is 1.89. The van der Waals surface area contributed by atoms with Crippen LogP contribution < -0.4 is 0 Å². The maximum absolute atomic E-state index is 11.8. The van der Waals surface area contributed by atoms with Crippen LogP contribution in [0.1, 0.15) is 22.3 Å². The summed E-state index contributed by atoms with van der Waals surface area (Å²) >= 11 is 0. The summed E-state index contributed by atoms with van der Waals surface area (Å²) in [6.07, 6.45) is 4.32. The van der Waals surface area contributed by atoms with Crippen molar-refractivity contribution >= 4 is 11.9 Å². The van der Waals surface area contributed by atoms with E-state index in [-0.39, 0.29) is 5.78 Å². The lowest BCUT2D eigenvalue weighted by Gasteiger charge is -1.96. The highest BCUT2D eigenvalue weighted by Gasteiger charge is 2.01. The van der Waals surface area contributed by atoms with Crippen LogP contribution in [-0.2, 0) is 0 Å². The summed E-state index contributed by atoms with van der Waals surface area (Å²) < 4.78 is 0. The SMILES string of the molecule is O=C(CC=Cc1ccccc1)c1ccccc1. The second-order valence-electron chi connectivity index (χ2n) is 3.81. The van der Waals surface area contributed by atoms with Gasteiger partial charge in [-0.2, -0.15) is 0 Å². The number of ketones is 1. The first-order chi connectivity index (χ1) is 8.36. The fourth-order valence-corrected chi connectivity index (χ4v) is 1.61. The van der Waals surface area contributed by atoms with E-state index in [1.54, 1.807) is 0 Å². The smallest absolute Gasteiger partial charge is 0.166 e. The van der Waals surface area contributed by atoms with Crippen molar-refractivity contribution in [3.63, 3.8) is 0 Å². The van der Waals surface area contributed by atoms with Gasteiger partial charge >= 0.3 is 0 Å². The minimum atomic E-state index is 0.151. The van der Waals surface area contributed by atoms with E-state index in [2.05, 4.69) is 0 Å². The number of carbonyl (C=O) groups excluding carboxylic acids is 1. The summed E-state index contributed by atoms with van der Waals surface area (Å²) in [5, 5.41) is 0. The van der Waals surface area contributed by atoms with E-state index < -0.39 is 0 Å². The van der Waals surface area contributed by atoms with E-state index in [9.17, 15) is 4.79 Å². The number of hydrogen-bond donors (Lipinski definition) is 0. The molecule has 0 aliphatic rings. The molecule has 0 radical (unpaired) electrons. The third-order valence-corrected chi connectivity index (χ3v) is 2.51. The maximum Gasteiger partial charge on any atom is 0.166 e. The summed E-state index contributed by atoms with van der Waals surface area (Å²) in [7, 11) is 0. The average Bonchev–Trinajstić information content (AvgIpc) is 2.41. The average molecular weight is 222 g/mol. The second-order valence-corrected chi connectivity index (χ2v) is 3.81. The number of benzene rings is 2. The molecule has 0 aliphatic carbocycles. The molecule has 17 heavy (non-hydrogen) atoms. The Hall–Kier alpha value is -2.15. The van der Waals surface area contributed by atoms with Gasteiger partial charge in [-0.1, -0.05) is 72.8 Å². The van der Waals surface area contributed by atoms with Gasteiger partial charge in [0.1, 0.15) is 0 Å². The van der Waals surface area contributed by atoms with Crippen molar-refractivity contribution in [2.75, 3.05) is 0 Å². The Kier molecular flexibility index (Phi) is 3.87. The zero-order valence-corrected chi connectivity index (χ0v) is 9.54. The van der Waals surface area contributed by atoms with E-state index in [1.165, 1.54) is 0 Å². The third-order valence-electron chi connectivity index (χ3n) is 2.51. The van der Waals surface area contributed by atoms with Crippen molar-refractivity contribution in [3.05, 3.63) is 77.9 Å². The molecule has 0 spiro atoms. The van der Waals surface area contributed by atoms with E-state index in [0.29, 0.717) is 6.42 Å². The van der Waals surface area contributed by atoms with Crippen LogP contribution in [0.2, 0.25) is 0 Å². The molecule has 0 saturated heterocycles. The van der Waals surface area contributed by atoms with Crippen molar-refractivity contribution in [2.24, 2.45) is 0 Å². The van der Waals surface area contributed by atoms with E-state index in [4.69, 9.17) is 0 Å². The van der Waals surface area contributed by atoms with Crippen LogP contribution in [0, 0.1) is 0 Å². The number of allylic oxidation sites excluding steroid dienone is 1. The summed E-state index contributed by atoms with van der Waals surface area (Å²) in [5.74, 6) is 0.151. The van der Waals surface area contributed by atoms with E-state index >= 15 is 0 Å². The van der Waals surface area contributed by atoms with Gasteiger partial charge < -0.3 is 0 Å². The molecule has 1 heteroatoms. The molecule has 84 valence electrons. The Morgan fingerprint density at radius 3 is 2.12 bits per heavy atom. The highest BCUT2D eigenvalue weighted by Crippen LogP contribution is 2.06. The lowest BCUT2D eigenvalue weighted by Crippen LogP contribution is -1.95. The monoisotopic (exact) mass is 222 g/mol. The molecule has 0 bridgehead atoms. The molecule has 0 unspecified atom stereocenters. The first-order valence-electron chi connectivity index (χ1n) is 5.66. The molecule has 2 aromatic carbocycles. The van der Waals surface area contributed by atoms with Gasteiger partial charge in [-0.05, 0) is 5.56 Å². The Bertz CT molecular complexity index is 498. The molecule has 0 N–H and O–H groups in total. The third kappa shape index (κ3) is 3.42. The summed E-state index contributed by atoms with van der Waals surface area (Å²) in [4.78, 5) is 11.8. The Morgan fingerprint density at radius 1 is 0.882 bits per heavy atom. The molecule has 0 fully saturated rings. The van der Waals surface area contributed by atoms with Crippen LogP contribution in [0.15, 0.2) is 66.7 Å².